The second kappa shape index (κ2) is 8.23. The Labute approximate surface area is 124 Å². The molecule has 0 aliphatic carbocycles. The first-order valence-corrected chi connectivity index (χ1v) is 8.36. The molecule has 0 bridgehead atoms. The Morgan fingerprint density at radius 3 is 2.61 bits per heavy atom. The van der Waals surface area contributed by atoms with Crippen LogP contribution < -0.4 is 5.32 Å². The fraction of sp³-hybridized carbons (Fsp3) is 0.600. The Kier molecular flexibility index (Phi) is 7.35. The summed E-state index contributed by atoms with van der Waals surface area (Å²) in [4.78, 5) is 1.40. The summed E-state index contributed by atoms with van der Waals surface area (Å²) in [7, 11) is 0. The lowest BCUT2D eigenvalue weighted by Crippen LogP contribution is -2.19. The largest absolute Gasteiger partial charge is 0.312 e. The summed E-state index contributed by atoms with van der Waals surface area (Å²) >= 11 is 5.54. The Bertz CT molecular complexity index is 366. The van der Waals surface area contributed by atoms with Crippen molar-refractivity contribution in [2.45, 2.75) is 50.8 Å². The zero-order valence-electron chi connectivity index (χ0n) is 11.8. The fourth-order valence-electron chi connectivity index (χ4n) is 1.58. The van der Waals surface area contributed by atoms with Gasteiger partial charge in [0.15, 0.2) is 0 Å². The number of hydrogen-bond acceptors (Lipinski definition) is 2. The Hall–Kier alpha value is 0.01000. The van der Waals surface area contributed by atoms with Crippen molar-refractivity contribution in [3.63, 3.8) is 0 Å². The predicted molar refractivity (Wildman–Crippen MR) is 86.3 cm³/mol. The van der Waals surface area contributed by atoms with Gasteiger partial charge in [0, 0.05) is 21.2 Å². The standard InChI is InChI=1S/C15H24BrNS/c1-5-12(4)18-15-8-14(16)7-6-13(15)10-17-9-11(2)3/h6-8,11-12,17H,5,9-10H2,1-4H3. The van der Waals surface area contributed by atoms with Crippen molar-refractivity contribution in [3.8, 4) is 0 Å². The van der Waals surface area contributed by atoms with Crippen LogP contribution in [0.1, 0.15) is 39.7 Å². The van der Waals surface area contributed by atoms with Crippen LogP contribution in [0, 0.1) is 5.92 Å². The van der Waals surface area contributed by atoms with Crippen molar-refractivity contribution in [2.75, 3.05) is 6.54 Å². The summed E-state index contributed by atoms with van der Waals surface area (Å²) in [5.41, 5.74) is 1.41. The zero-order valence-corrected chi connectivity index (χ0v) is 14.2. The molecular weight excluding hydrogens is 306 g/mol. The van der Waals surface area contributed by atoms with Crippen molar-refractivity contribution in [3.05, 3.63) is 28.2 Å². The zero-order chi connectivity index (χ0) is 13.5. The predicted octanol–water partition coefficient (Wildman–Crippen LogP) is 5.09. The van der Waals surface area contributed by atoms with Crippen LogP contribution in [0.25, 0.3) is 0 Å². The van der Waals surface area contributed by atoms with E-state index in [1.165, 1.54) is 21.4 Å². The van der Waals surface area contributed by atoms with Crippen LogP contribution in [0.2, 0.25) is 0 Å². The first-order chi connectivity index (χ1) is 8.52. The summed E-state index contributed by atoms with van der Waals surface area (Å²) in [5.74, 6) is 0.700. The number of nitrogens with one attached hydrogen (secondary N) is 1. The molecule has 0 aliphatic heterocycles. The van der Waals surface area contributed by atoms with Crippen LogP contribution in [-0.2, 0) is 6.54 Å². The molecule has 1 nitrogen and oxygen atoms in total. The Morgan fingerprint density at radius 1 is 1.28 bits per heavy atom. The van der Waals surface area contributed by atoms with E-state index in [1.54, 1.807) is 0 Å². The maximum Gasteiger partial charge on any atom is 0.0216 e. The third kappa shape index (κ3) is 5.77. The highest BCUT2D eigenvalue weighted by atomic mass is 79.9. The van der Waals surface area contributed by atoms with Gasteiger partial charge in [-0.05, 0) is 36.6 Å². The monoisotopic (exact) mass is 329 g/mol. The van der Waals surface area contributed by atoms with Crippen LogP contribution in [0.3, 0.4) is 0 Å². The van der Waals surface area contributed by atoms with Gasteiger partial charge in [0.2, 0.25) is 0 Å². The molecule has 1 rings (SSSR count). The average Bonchev–Trinajstić information content (AvgIpc) is 2.31. The second-order valence-corrected chi connectivity index (χ2v) is 7.51. The third-order valence-corrected chi connectivity index (χ3v) is 4.66. The second-order valence-electron chi connectivity index (χ2n) is 5.11. The van der Waals surface area contributed by atoms with Gasteiger partial charge in [0.05, 0.1) is 0 Å². The molecule has 0 amide bonds. The molecule has 0 spiro atoms. The molecule has 1 unspecified atom stereocenters. The van der Waals surface area contributed by atoms with Crippen molar-refractivity contribution < 1.29 is 0 Å². The van der Waals surface area contributed by atoms with Gasteiger partial charge < -0.3 is 5.32 Å². The minimum absolute atomic E-state index is 0.670. The van der Waals surface area contributed by atoms with Gasteiger partial charge in [-0.15, -0.1) is 11.8 Å². The number of thioether (sulfide) groups is 1. The van der Waals surface area contributed by atoms with Crippen LogP contribution in [0.4, 0.5) is 0 Å². The van der Waals surface area contributed by atoms with E-state index in [0.717, 1.165) is 13.1 Å². The molecule has 0 aromatic heterocycles. The van der Waals surface area contributed by atoms with E-state index in [0.29, 0.717) is 11.2 Å². The molecule has 1 aromatic carbocycles. The summed E-state index contributed by atoms with van der Waals surface area (Å²) in [6.45, 7) is 11.0. The van der Waals surface area contributed by atoms with Gasteiger partial charge in [0.1, 0.15) is 0 Å². The molecular formula is C15H24BrNS. The van der Waals surface area contributed by atoms with E-state index < -0.39 is 0 Å². The van der Waals surface area contributed by atoms with Gasteiger partial charge in [-0.25, -0.2) is 0 Å². The maximum atomic E-state index is 3.57. The van der Waals surface area contributed by atoms with Crippen molar-refractivity contribution >= 4 is 27.7 Å². The summed E-state index contributed by atoms with van der Waals surface area (Å²) < 4.78 is 1.17. The number of hydrogen-bond donors (Lipinski definition) is 1. The smallest absolute Gasteiger partial charge is 0.0216 e. The quantitative estimate of drug-likeness (QED) is 0.699. The lowest BCUT2D eigenvalue weighted by molar-refractivity contribution is 0.550. The fourth-order valence-corrected chi connectivity index (χ4v) is 3.18. The summed E-state index contributed by atoms with van der Waals surface area (Å²) in [6.07, 6.45) is 1.20. The van der Waals surface area contributed by atoms with Crippen LogP contribution in [0.15, 0.2) is 27.6 Å². The van der Waals surface area contributed by atoms with E-state index in [4.69, 9.17) is 0 Å². The minimum atomic E-state index is 0.670. The van der Waals surface area contributed by atoms with Crippen LogP contribution >= 0.6 is 27.7 Å². The number of rotatable bonds is 7. The highest BCUT2D eigenvalue weighted by Crippen LogP contribution is 2.30. The molecule has 0 heterocycles. The molecule has 0 fully saturated rings. The summed E-state index contributed by atoms with van der Waals surface area (Å²) in [5, 5.41) is 4.19. The van der Waals surface area contributed by atoms with Gasteiger partial charge in [-0.1, -0.05) is 49.7 Å². The molecule has 1 aromatic rings. The Morgan fingerprint density at radius 2 is 2.00 bits per heavy atom. The lowest BCUT2D eigenvalue weighted by Gasteiger charge is -2.15. The van der Waals surface area contributed by atoms with Crippen LogP contribution in [0.5, 0.6) is 0 Å². The minimum Gasteiger partial charge on any atom is -0.312 e. The van der Waals surface area contributed by atoms with E-state index in [9.17, 15) is 0 Å². The van der Waals surface area contributed by atoms with Crippen molar-refractivity contribution in [1.29, 1.82) is 0 Å². The first kappa shape index (κ1) is 16.1. The van der Waals surface area contributed by atoms with Crippen LogP contribution in [-0.4, -0.2) is 11.8 Å². The molecule has 18 heavy (non-hydrogen) atoms. The molecule has 0 saturated heterocycles. The lowest BCUT2D eigenvalue weighted by atomic mass is 10.2. The van der Waals surface area contributed by atoms with Gasteiger partial charge in [0.25, 0.3) is 0 Å². The number of benzene rings is 1. The first-order valence-electron chi connectivity index (χ1n) is 6.68. The molecule has 0 aliphatic rings. The molecule has 1 N–H and O–H groups in total. The van der Waals surface area contributed by atoms with Gasteiger partial charge in [-0.3, -0.25) is 0 Å². The highest BCUT2D eigenvalue weighted by Gasteiger charge is 2.08. The van der Waals surface area contributed by atoms with E-state index >= 15 is 0 Å². The Balaban J connectivity index is 2.70. The molecule has 3 heteroatoms. The highest BCUT2D eigenvalue weighted by molar-refractivity contribution is 9.10. The van der Waals surface area contributed by atoms with E-state index in [1.807, 2.05) is 11.8 Å². The topological polar surface area (TPSA) is 12.0 Å². The maximum absolute atomic E-state index is 3.57. The molecule has 0 saturated carbocycles. The van der Waals surface area contributed by atoms with Crippen molar-refractivity contribution in [2.24, 2.45) is 5.92 Å². The van der Waals surface area contributed by atoms with E-state index in [-0.39, 0.29) is 0 Å². The summed E-state index contributed by atoms with van der Waals surface area (Å²) in [6, 6.07) is 6.60. The van der Waals surface area contributed by atoms with Gasteiger partial charge in [-0.2, -0.15) is 0 Å². The average molecular weight is 330 g/mol. The van der Waals surface area contributed by atoms with Crippen molar-refractivity contribution in [1.82, 2.24) is 5.32 Å². The molecule has 1 atom stereocenters. The SMILES string of the molecule is CCC(C)Sc1cc(Br)ccc1CNCC(C)C. The normalized spacial score (nSPS) is 13.0. The van der Waals surface area contributed by atoms with Gasteiger partial charge >= 0.3 is 0 Å². The third-order valence-electron chi connectivity index (χ3n) is 2.80. The van der Waals surface area contributed by atoms with E-state index in [2.05, 4.69) is 67.1 Å². The molecule has 0 radical (unpaired) electrons. The molecule has 102 valence electrons. The number of halogens is 1.